The maximum absolute atomic E-state index is 14.6. The molecule has 6 aromatic rings. The molecule has 0 spiro atoms. The van der Waals surface area contributed by atoms with E-state index in [1.54, 1.807) is 27.7 Å². The predicted molar refractivity (Wildman–Crippen MR) is 296 cm³/mol. The molecule has 2 aromatic heterocycles. The molecular formula is C62H70F6N8O6. The topological polar surface area (TPSA) is 175 Å². The number of aromatic amines is 2. The van der Waals surface area contributed by atoms with E-state index in [-0.39, 0.29) is 35.7 Å². The lowest BCUT2D eigenvalue weighted by atomic mass is 9.84. The van der Waals surface area contributed by atoms with Gasteiger partial charge in [-0.15, -0.1) is 0 Å². The standard InChI is InChI=1S/C62H70F6N8O6/c1-33(2)53(73-59(79)81-31-61(63,64)65)57(77)75-49-11-7-5-9-41(49)29-51(75)55-69-45-23-21-39(27-47(45)71-55)43-25-35-13-17-37(43)19-15-36-14-18-38(20-16-35)44(26-36)40-22-24-46-48(28-40)72-56(70-46)52-30-42-10-6-8-12-50(42)76(52)58(78)54(34(3)4)74-60(80)82-32-62(66,67)68/h13-14,17-18,21-28,33-34,41-42,49-54H,5-12,15-16,19-20,29-32H2,1-4H3,(H,69,71)(H,70,72)(H,73,79)(H,74,80)/t41-,42-,49-,50-,51-,52-,53-,54-/m0/s1. The number of halogens is 6. The first kappa shape index (κ1) is 56.7. The Balaban J connectivity index is 0.825. The number of amides is 4. The summed E-state index contributed by atoms with van der Waals surface area (Å²) >= 11 is 0. The molecule has 4 fully saturated rings. The number of benzene rings is 4. The molecule has 436 valence electrons. The fraction of sp³-hybridized carbons (Fsp3) is 0.516. The molecule has 6 aliphatic carbocycles. The molecule has 2 aliphatic heterocycles. The Morgan fingerprint density at radius 2 is 0.963 bits per heavy atom. The van der Waals surface area contributed by atoms with Crippen molar-refractivity contribution in [2.75, 3.05) is 13.2 Å². The lowest BCUT2D eigenvalue weighted by molar-refractivity contribution is -0.161. The second-order valence-electron chi connectivity index (χ2n) is 24.0. The number of H-pyrrole nitrogens is 2. The molecular weight excluding hydrogens is 1070 g/mol. The van der Waals surface area contributed by atoms with Crippen molar-refractivity contribution in [1.82, 2.24) is 40.4 Å². The molecule has 20 heteroatoms. The summed E-state index contributed by atoms with van der Waals surface area (Å²) in [5, 5.41) is 4.90. The van der Waals surface area contributed by atoms with Crippen LogP contribution < -0.4 is 10.6 Å². The Bertz CT molecular complexity index is 3150. The second kappa shape index (κ2) is 22.9. The van der Waals surface area contributed by atoms with Gasteiger partial charge in [0.25, 0.3) is 0 Å². The van der Waals surface area contributed by atoms with E-state index in [4.69, 9.17) is 9.97 Å². The number of ether oxygens (including phenoxy) is 2. The van der Waals surface area contributed by atoms with E-state index in [9.17, 15) is 45.5 Å². The number of rotatable bonds is 12. The Kier molecular flexibility index (Phi) is 15.8. The quantitative estimate of drug-likeness (QED) is 0.0876. The molecule has 4 N–H and O–H groups in total. The zero-order chi connectivity index (χ0) is 57.8. The number of aromatic nitrogens is 4. The summed E-state index contributed by atoms with van der Waals surface area (Å²) in [6, 6.07) is 22.6. The van der Waals surface area contributed by atoms with E-state index in [0.29, 0.717) is 24.5 Å². The minimum Gasteiger partial charge on any atom is -0.440 e. The van der Waals surface area contributed by atoms with Gasteiger partial charge in [-0.1, -0.05) is 102 Å². The number of nitrogens with one attached hydrogen (secondary N) is 4. The van der Waals surface area contributed by atoms with Crippen molar-refractivity contribution in [2.45, 2.75) is 166 Å². The highest BCUT2D eigenvalue weighted by atomic mass is 19.4. The van der Waals surface area contributed by atoms with E-state index in [1.165, 1.54) is 22.3 Å². The molecule has 8 atom stereocenters. The van der Waals surface area contributed by atoms with Gasteiger partial charge in [0.2, 0.25) is 11.8 Å². The molecule has 4 heterocycles. The maximum atomic E-state index is 14.6. The summed E-state index contributed by atoms with van der Waals surface area (Å²) in [6.45, 7) is 3.49. The highest BCUT2D eigenvalue weighted by molar-refractivity contribution is 5.89. The summed E-state index contributed by atoms with van der Waals surface area (Å²) in [6.07, 6.45) is -0.171. The normalized spacial score (nSPS) is 22.7. The van der Waals surface area contributed by atoms with Gasteiger partial charge < -0.3 is 39.9 Å². The Labute approximate surface area is 471 Å². The number of likely N-dealkylation sites (tertiary alicyclic amines) is 2. The van der Waals surface area contributed by atoms with Gasteiger partial charge in [0, 0.05) is 12.1 Å². The summed E-state index contributed by atoms with van der Waals surface area (Å²) in [5.41, 5.74) is 12.2. The molecule has 0 radical (unpaired) electrons. The summed E-state index contributed by atoms with van der Waals surface area (Å²) < 4.78 is 86.5. The summed E-state index contributed by atoms with van der Waals surface area (Å²) in [7, 11) is 0. The SMILES string of the molecule is CC(C)[C@H](NC(=O)OCC(F)(F)F)C(=O)N1[C@H](c2nc3ccc(-c4cc5ccc4CCc4ccc(c(-c6ccc7nc([C@@H]8C[C@@H]9CCCC[C@@H]9N8C(=O)[C@@H](NC(=O)OCC(F)(F)F)C(C)C)[nH]c7c6)c4)CC5)cc3[nH]2)C[C@@H]2CCCC[C@@H]21. The highest BCUT2D eigenvalue weighted by Crippen LogP contribution is 2.48. The number of hydrogen-bond acceptors (Lipinski definition) is 8. The molecule has 4 amide bonds. The van der Waals surface area contributed by atoms with E-state index >= 15 is 0 Å². The first-order valence-corrected chi connectivity index (χ1v) is 29.0. The summed E-state index contributed by atoms with van der Waals surface area (Å²) in [5.74, 6) is 0.117. The third-order valence-corrected chi connectivity index (χ3v) is 17.8. The van der Waals surface area contributed by atoms with Gasteiger partial charge in [-0.05, 0) is 157 Å². The van der Waals surface area contributed by atoms with Crippen molar-refractivity contribution in [1.29, 1.82) is 0 Å². The lowest BCUT2D eigenvalue weighted by Gasteiger charge is -2.36. The smallest absolute Gasteiger partial charge is 0.422 e. The molecule has 14 nitrogen and oxygen atoms in total. The van der Waals surface area contributed by atoms with Crippen LogP contribution in [-0.2, 0) is 44.7 Å². The number of aryl methyl sites for hydroxylation is 4. The minimum atomic E-state index is -4.70. The van der Waals surface area contributed by atoms with Crippen LogP contribution in [0.3, 0.4) is 0 Å². The Morgan fingerprint density at radius 3 is 1.35 bits per heavy atom. The second-order valence-corrected chi connectivity index (χ2v) is 24.0. The fourth-order valence-corrected chi connectivity index (χ4v) is 13.8. The van der Waals surface area contributed by atoms with E-state index < -0.39 is 73.8 Å². The zero-order valence-corrected chi connectivity index (χ0v) is 46.5. The van der Waals surface area contributed by atoms with Gasteiger partial charge in [0.15, 0.2) is 13.2 Å². The van der Waals surface area contributed by atoms with Gasteiger partial charge in [-0.25, -0.2) is 19.6 Å². The fourth-order valence-electron chi connectivity index (χ4n) is 13.8. The van der Waals surface area contributed by atoms with Crippen LogP contribution in [0.4, 0.5) is 35.9 Å². The van der Waals surface area contributed by atoms with Gasteiger partial charge in [-0.2, -0.15) is 26.3 Å². The van der Waals surface area contributed by atoms with Gasteiger partial charge >= 0.3 is 24.5 Å². The minimum absolute atomic E-state index is 0.0976. The largest absolute Gasteiger partial charge is 0.440 e. The number of hydrogen-bond donors (Lipinski definition) is 4. The van der Waals surface area contributed by atoms with Crippen LogP contribution in [0.25, 0.3) is 44.3 Å². The monoisotopic (exact) mass is 1140 g/mol. The van der Waals surface area contributed by atoms with Crippen molar-refractivity contribution < 1.29 is 55.0 Å². The van der Waals surface area contributed by atoms with E-state index in [1.807, 2.05) is 21.9 Å². The number of alkyl carbamates (subject to hydrolysis) is 2. The third kappa shape index (κ3) is 12.0. The molecule has 82 heavy (non-hydrogen) atoms. The van der Waals surface area contributed by atoms with Crippen LogP contribution in [0.15, 0.2) is 72.8 Å². The van der Waals surface area contributed by atoms with Gasteiger partial charge in [-0.3, -0.25) is 9.59 Å². The number of nitrogens with zero attached hydrogens (tertiary/aromatic N) is 4. The van der Waals surface area contributed by atoms with Crippen molar-refractivity contribution in [3.05, 3.63) is 107 Å². The number of fused-ring (bicyclic) bond motifs is 4. The first-order chi connectivity index (χ1) is 39.1. The lowest BCUT2D eigenvalue weighted by Crippen LogP contribution is -2.54. The Hall–Kier alpha value is -7.12. The molecule has 8 aliphatic rings. The average molecular weight is 1140 g/mol. The number of carbonyl (C=O) groups is 4. The maximum Gasteiger partial charge on any atom is 0.422 e. The van der Waals surface area contributed by atoms with Crippen LogP contribution in [-0.4, -0.2) is 103 Å². The van der Waals surface area contributed by atoms with Crippen molar-refractivity contribution in [2.24, 2.45) is 23.7 Å². The number of imidazole rings is 2. The van der Waals surface area contributed by atoms with Gasteiger partial charge in [0.05, 0.1) is 34.2 Å². The van der Waals surface area contributed by atoms with Gasteiger partial charge in [0.1, 0.15) is 23.7 Å². The van der Waals surface area contributed by atoms with Crippen LogP contribution in [0.1, 0.15) is 138 Å². The molecule has 0 unspecified atom stereocenters. The van der Waals surface area contributed by atoms with Crippen LogP contribution in [0, 0.1) is 23.7 Å². The number of carbonyl (C=O) groups excluding carboxylic acids is 4. The number of alkyl halides is 6. The average Bonchev–Trinajstić information content (AvgIpc) is 4.15. The highest BCUT2D eigenvalue weighted by Gasteiger charge is 2.50. The molecule has 4 aromatic carbocycles. The van der Waals surface area contributed by atoms with Crippen LogP contribution >= 0.6 is 0 Å². The molecule has 4 bridgehead atoms. The van der Waals surface area contributed by atoms with Crippen molar-refractivity contribution in [3.63, 3.8) is 0 Å². The first-order valence-electron chi connectivity index (χ1n) is 29.0. The van der Waals surface area contributed by atoms with Crippen LogP contribution in [0.2, 0.25) is 0 Å². The molecule has 14 rings (SSSR count). The third-order valence-electron chi connectivity index (χ3n) is 17.8. The molecule has 2 saturated carbocycles. The van der Waals surface area contributed by atoms with Crippen molar-refractivity contribution in [3.8, 4) is 22.3 Å². The van der Waals surface area contributed by atoms with Crippen molar-refractivity contribution >= 4 is 46.1 Å². The Morgan fingerprint density at radius 1 is 0.561 bits per heavy atom. The molecule has 2 saturated heterocycles. The predicted octanol–water partition coefficient (Wildman–Crippen LogP) is 12.9. The summed E-state index contributed by atoms with van der Waals surface area (Å²) in [4.78, 5) is 75.3. The van der Waals surface area contributed by atoms with Crippen LogP contribution in [0.5, 0.6) is 0 Å². The van der Waals surface area contributed by atoms with E-state index in [2.05, 4.69) is 90.7 Å². The van der Waals surface area contributed by atoms with E-state index in [0.717, 1.165) is 121 Å². The zero-order valence-electron chi connectivity index (χ0n) is 46.5.